The van der Waals surface area contributed by atoms with E-state index in [0.717, 1.165) is 0 Å². The maximum absolute atomic E-state index is 14.9. The minimum Gasteiger partial charge on any atom is -0.493 e. The largest absolute Gasteiger partial charge is 0.493 e. The molecule has 0 radical (unpaired) electrons. The first-order valence-electron chi connectivity index (χ1n) is 13.6. The van der Waals surface area contributed by atoms with Gasteiger partial charge in [0.2, 0.25) is 0 Å². The normalized spacial score (nSPS) is 14.6. The van der Waals surface area contributed by atoms with Crippen molar-refractivity contribution < 1.29 is 84.1 Å². The summed E-state index contributed by atoms with van der Waals surface area (Å²) in [5.41, 5.74) is -0.354. The second-order valence-electron chi connectivity index (χ2n) is 10.5. The molecule has 270 valence electrons. The molecule has 0 aliphatic rings. The molecule has 0 aliphatic carbocycles. The molecular weight excluding hydrogens is 703 g/mol. The van der Waals surface area contributed by atoms with Crippen LogP contribution in [0.2, 0.25) is 0 Å². The highest BCUT2D eigenvalue weighted by Gasteiger charge is 2.95. The molecule has 0 heterocycles. The summed E-state index contributed by atoms with van der Waals surface area (Å²) in [6.07, 6.45) is -11.8. The Morgan fingerprint density at radius 1 is 0.500 bits per heavy atom. The number of ether oxygens (including phenoxy) is 2. The lowest BCUT2D eigenvalue weighted by Crippen LogP contribution is -2.74. The van der Waals surface area contributed by atoms with Gasteiger partial charge in [-0.15, -0.1) is 0 Å². The zero-order valence-electron chi connectivity index (χ0n) is 24.5. The predicted molar refractivity (Wildman–Crippen MR) is 138 cm³/mol. The average Bonchev–Trinajstić information content (AvgIpc) is 2.97. The van der Waals surface area contributed by atoms with Gasteiger partial charge in [-0.2, -0.15) is 74.6 Å². The lowest BCUT2D eigenvalue weighted by Gasteiger charge is -2.42. The highest BCUT2D eigenvalue weighted by molar-refractivity contribution is 6.12. The van der Waals surface area contributed by atoms with E-state index in [1.165, 1.54) is 38.1 Å². The van der Waals surface area contributed by atoms with Crippen LogP contribution >= 0.6 is 0 Å². The highest BCUT2D eigenvalue weighted by Crippen LogP contribution is 2.64. The van der Waals surface area contributed by atoms with Crippen molar-refractivity contribution in [1.29, 1.82) is 0 Å². The fourth-order valence-corrected chi connectivity index (χ4v) is 4.91. The van der Waals surface area contributed by atoms with Gasteiger partial charge in [-0.1, -0.05) is 36.4 Å². The smallest absolute Gasteiger partial charge is 0.460 e. The van der Waals surface area contributed by atoms with Crippen molar-refractivity contribution in [1.82, 2.24) is 0 Å². The Bertz CT molecular complexity index is 1640. The zero-order chi connectivity index (χ0) is 37.1. The second-order valence-corrected chi connectivity index (χ2v) is 10.5. The van der Waals surface area contributed by atoms with Gasteiger partial charge in [0.15, 0.2) is 0 Å². The molecule has 2 nitrogen and oxygen atoms in total. The van der Waals surface area contributed by atoms with Crippen molar-refractivity contribution in [3.8, 4) is 11.5 Å². The molecule has 0 aliphatic heterocycles. The van der Waals surface area contributed by atoms with E-state index in [1.54, 1.807) is 19.1 Å². The summed E-state index contributed by atoms with van der Waals surface area (Å²) in [6.45, 7) is 4.23. The van der Waals surface area contributed by atoms with Gasteiger partial charge >= 0.3 is 47.6 Å². The maximum Gasteiger partial charge on any atom is 0.460 e. The second kappa shape index (κ2) is 12.2. The Morgan fingerprint density at radius 2 is 0.917 bits per heavy atom. The van der Waals surface area contributed by atoms with Crippen molar-refractivity contribution in [2.75, 3.05) is 13.2 Å². The van der Waals surface area contributed by atoms with Crippen molar-refractivity contribution in [2.24, 2.45) is 0 Å². The maximum atomic E-state index is 14.9. The number of hydrogen-bond acceptors (Lipinski definition) is 2. The molecule has 0 bridgehead atoms. The Hall–Kier alpha value is -3.41. The van der Waals surface area contributed by atoms with Crippen LogP contribution in [0.4, 0.5) is 74.6 Å². The third kappa shape index (κ3) is 5.51. The van der Waals surface area contributed by atoms with Crippen LogP contribution in [0.3, 0.4) is 0 Å². The molecular formula is C29H23F17O2. The fourth-order valence-electron chi connectivity index (χ4n) is 4.91. The molecule has 0 fully saturated rings. The average molecular weight is 726 g/mol. The van der Waals surface area contributed by atoms with Crippen LogP contribution in [0.25, 0.3) is 21.5 Å². The molecule has 0 atom stereocenters. The van der Waals surface area contributed by atoms with Gasteiger partial charge in [-0.05, 0) is 38.3 Å². The topological polar surface area (TPSA) is 18.5 Å². The zero-order valence-corrected chi connectivity index (χ0v) is 24.5. The summed E-state index contributed by atoms with van der Waals surface area (Å²) in [4.78, 5) is 0. The van der Waals surface area contributed by atoms with E-state index in [1.807, 2.05) is 0 Å². The molecule has 0 saturated heterocycles. The number of fused-ring (bicyclic) bond motifs is 2. The van der Waals surface area contributed by atoms with Gasteiger partial charge in [-0.25, -0.2) is 0 Å². The minimum absolute atomic E-state index is 0.00190. The van der Waals surface area contributed by atoms with Crippen LogP contribution < -0.4 is 9.47 Å². The van der Waals surface area contributed by atoms with E-state index in [4.69, 9.17) is 9.47 Å². The van der Waals surface area contributed by atoms with Crippen molar-refractivity contribution >= 4 is 21.5 Å². The summed E-state index contributed by atoms with van der Waals surface area (Å²) >= 11 is 0. The molecule has 3 rings (SSSR count). The van der Waals surface area contributed by atoms with Gasteiger partial charge in [-0.3, -0.25) is 0 Å². The molecule has 48 heavy (non-hydrogen) atoms. The molecule has 0 amide bonds. The lowest BCUT2D eigenvalue weighted by atomic mass is 9.86. The molecule has 3 aromatic rings. The SMILES string of the molecule is CCOc1c2ccccc2c(OCC)c2c(CCC(F)(F)C(F)(F)C(F)(F)C(F)(F)C(F)(F)C(F)(F)C(F)(F)C(F)(F)F)c(C)ccc12. The monoisotopic (exact) mass is 726 g/mol. The Labute approximate surface area is 259 Å². The van der Waals surface area contributed by atoms with Gasteiger partial charge in [0.25, 0.3) is 0 Å². The van der Waals surface area contributed by atoms with Crippen LogP contribution in [0.1, 0.15) is 31.4 Å². The van der Waals surface area contributed by atoms with Crippen molar-refractivity contribution in [2.45, 2.75) is 81.2 Å². The Morgan fingerprint density at radius 3 is 1.38 bits per heavy atom. The van der Waals surface area contributed by atoms with Gasteiger partial charge < -0.3 is 9.47 Å². The summed E-state index contributed by atoms with van der Waals surface area (Å²) < 4.78 is 245. The van der Waals surface area contributed by atoms with Gasteiger partial charge in [0.05, 0.1) is 13.2 Å². The lowest BCUT2D eigenvalue weighted by molar-refractivity contribution is -0.461. The van der Waals surface area contributed by atoms with Crippen molar-refractivity contribution in [3.63, 3.8) is 0 Å². The van der Waals surface area contributed by atoms with Gasteiger partial charge in [0, 0.05) is 28.0 Å². The van der Waals surface area contributed by atoms with E-state index in [0.29, 0.717) is 5.39 Å². The summed E-state index contributed by atoms with van der Waals surface area (Å²) in [6, 6.07) is 8.80. The molecule has 0 unspecified atom stereocenters. The first-order valence-corrected chi connectivity index (χ1v) is 13.6. The Kier molecular flexibility index (Phi) is 9.90. The van der Waals surface area contributed by atoms with Crippen LogP contribution in [0, 0.1) is 6.92 Å². The molecule has 0 spiro atoms. The third-order valence-electron chi connectivity index (χ3n) is 7.49. The summed E-state index contributed by atoms with van der Waals surface area (Å²) in [7, 11) is 0. The quantitative estimate of drug-likeness (QED) is 0.129. The summed E-state index contributed by atoms with van der Waals surface area (Å²) in [5.74, 6) is -56.6. The number of benzene rings is 3. The van der Waals surface area contributed by atoms with Crippen LogP contribution in [0.15, 0.2) is 36.4 Å². The summed E-state index contributed by atoms with van der Waals surface area (Å²) in [5, 5.41) is 0.705. The van der Waals surface area contributed by atoms with E-state index in [2.05, 4.69) is 0 Å². The first-order chi connectivity index (χ1) is 21.6. The number of hydrogen-bond donors (Lipinski definition) is 0. The molecule has 19 heteroatoms. The van der Waals surface area contributed by atoms with Crippen molar-refractivity contribution in [3.05, 3.63) is 47.5 Å². The van der Waals surface area contributed by atoms with Crippen LogP contribution in [-0.2, 0) is 6.42 Å². The van der Waals surface area contributed by atoms with Crippen LogP contribution in [-0.4, -0.2) is 60.8 Å². The van der Waals surface area contributed by atoms with E-state index in [-0.39, 0.29) is 52.0 Å². The van der Waals surface area contributed by atoms with E-state index in [9.17, 15) is 74.6 Å². The molecule has 0 N–H and O–H groups in total. The molecule has 0 saturated carbocycles. The first kappa shape index (κ1) is 39.0. The number of alkyl halides is 17. The van der Waals surface area contributed by atoms with Gasteiger partial charge in [0.1, 0.15) is 11.5 Å². The Balaban J connectivity index is 2.17. The molecule has 0 aromatic heterocycles. The number of halogens is 17. The minimum atomic E-state index is -8.67. The van der Waals surface area contributed by atoms with E-state index < -0.39 is 60.5 Å². The number of rotatable bonds is 13. The molecule has 3 aromatic carbocycles. The third-order valence-corrected chi connectivity index (χ3v) is 7.49. The fraction of sp³-hybridized carbons (Fsp3) is 0.517. The standard InChI is InChI=1S/C29H23F17O2/c1-4-47-20-16-8-6-7-9-17(16)21(48-5-2)19-15(14(3)10-11-18(19)20)12-13-22(30,31)23(32,33)24(34,35)25(36,37)26(38,39)27(40,41)28(42,43)29(44,45)46/h6-11H,4-5,12-13H2,1-3H3. The van der Waals surface area contributed by atoms with E-state index >= 15 is 0 Å². The number of aryl methyl sites for hydroxylation is 2. The van der Waals surface area contributed by atoms with Crippen LogP contribution in [0.5, 0.6) is 11.5 Å². The predicted octanol–water partition coefficient (Wildman–Crippen LogP) is 11.0. The highest BCUT2D eigenvalue weighted by atomic mass is 19.4.